The van der Waals surface area contributed by atoms with Crippen LogP contribution < -0.4 is 0 Å². The molecule has 0 aromatic rings. The predicted molar refractivity (Wildman–Crippen MR) is 55.0 cm³/mol. The Morgan fingerprint density at radius 1 is 1.29 bits per heavy atom. The minimum Gasteiger partial charge on any atom is -0.512 e. The number of hydrogen-bond donors (Lipinski definition) is 1. The van der Waals surface area contributed by atoms with Gasteiger partial charge in [-0.05, 0) is 25.7 Å². The molecule has 0 aromatic carbocycles. The van der Waals surface area contributed by atoms with Crippen molar-refractivity contribution < 1.29 is 9.90 Å². The molecule has 0 saturated carbocycles. The number of Topliss-reactive ketones (excluding diaryl/α,β-unsaturated/α-hetero) is 1. The average Bonchev–Trinajstić information content (AvgIpc) is 2.19. The van der Waals surface area contributed by atoms with Crippen molar-refractivity contribution in [2.24, 2.45) is 5.92 Å². The van der Waals surface area contributed by atoms with E-state index in [2.05, 4.69) is 12.2 Å². The van der Waals surface area contributed by atoms with Gasteiger partial charge in [0.2, 0.25) is 0 Å². The van der Waals surface area contributed by atoms with E-state index in [1.165, 1.54) is 0 Å². The first-order chi connectivity index (χ1) is 6.79. The highest BCUT2D eigenvalue weighted by Crippen LogP contribution is 2.31. The quantitative estimate of drug-likeness (QED) is 0.648. The third-order valence-corrected chi connectivity index (χ3v) is 3.05. The van der Waals surface area contributed by atoms with Crippen LogP contribution >= 0.6 is 0 Å². The van der Waals surface area contributed by atoms with E-state index in [1.807, 2.05) is 0 Å². The van der Waals surface area contributed by atoms with Crippen LogP contribution in [0.1, 0.15) is 38.5 Å². The largest absolute Gasteiger partial charge is 0.512 e. The molecular weight excluding hydrogens is 176 g/mol. The van der Waals surface area contributed by atoms with Crippen molar-refractivity contribution in [3.63, 3.8) is 0 Å². The molecule has 2 aliphatic carbocycles. The van der Waals surface area contributed by atoms with Crippen molar-refractivity contribution in [3.05, 3.63) is 23.5 Å². The lowest BCUT2D eigenvalue weighted by Gasteiger charge is -2.23. The number of allylic oxidation sites excluding steroid dienone is 4. The fourth-order valence-electron chi connectivity index (χ4n) is 2.32. The smallest absolute Gasteiger partial charge is 0.162 e. The van der Waals surface area contributed by atoms with E-state index in [1.54, 1.807) is 0 Å². The maximum absolute atomic E-state index is 11.7. The Labute approximate surface area is 84.3 Å². The van der Waals surface area contributed by atoms with Gasteiger partial charge in [-0.25, -0.2) is 0 Å². The van der Waals surface area contributed by atoms with Crippen molar-refractivity contribution in [1.29, 1.82) is 0 Å². The number of hydrogen-bond acceptors (Lipinski definition) is 2. The van der Waals surface area contributed by atoms with Crippen molar-refractivity contribution in [2.75, 3.05) is 0 Å². The zero-order valence-electron chi connectivity index (χ0n) is 8.33. The van der Waals surface area contributed by atoms with Gasteiger partial charge in [0.25, 0.3) is 0 Å². The molecule has 0 aliphatic heterocycles. The fraction of sp³-hybridized carbons (Fsp3) is 0.583. The van der Waals surface area contributed by atoms with Gasteiger partial charge in [0.05, 0.1) is 5.76 Å². The predicted octanol–water partition coefficient (Wildman–Crippen LogP) is 2.91. The number of aliphatic hydroxyl groups excluding tert-OH is 1. The van der Waals surface area contributed by atoms with Crippen LogP contribution in [-0.2, 0) is 4.79 Å². The lowest BCUT2D eigenvalue weighted by molar-refractivity contribution is -0.116. The van der Waals surface area contributed by atoms with Crippen LogP contribution in [0.25, 0.3) is 0 Å². The van der Waals surface area contributed by atoms with Crippen molar-refractivity contribution >= 4 is 5.78 Å². The van der Waals surface area contributed by atoms with Gasteiger partial charge >= 0.3 is 0 Å². The topological polar surface area (TPSA) is 37.3 Å². The molecule has 0 aromatic heterocycles. The van der Waals surface area contributed by atoms with Gasteiger partial charge in [-0.1, -0.05) is 12.2 Å². The summed E-state index contributed by atoms with van der Waals surface area (Å²) in [7, 11) is 0. The summed E-state index contributed by atoms with van der Waals surface area (Å²) < 4.78 is 0. The number of ketones is 1. The summed E-state index contributed by atoms with van der Waals surface area (Å²) in [6.45, 7) is 0. The van der Waals surface area contributed by atoms with Gasteiger partial charge in [0.1, 0.15) is 0 Å². The zero-order valence-corrected chi connectivity index (χ0v) is 8.33. The third-order valence-electron chi connectivity index (χ3n) is 3.05. The van der Waals surface area contributed by atoms with Gasteiger partial charge in [0, 0.05) is 24.3 Å². The molecule has 0 heterocycles. The van der Waals surface area contributed by atoms with Crippen molar-refractivity contribution in [2.45, 2.75) is 38.5 Å². The SMILES string of the molecule is O=C1CCCC(O)=C1C1C=CCCC1. The van der Waals surface area contributed by atoms with E-state index >= 15 is 0 Å². The normalized spacial score (nSPS) is 28.3. The minimum absolute atomic E-state index is 0.158. The maximum atomic E-state index is 11.7. The third kappa shape index (κ3) is 1.74. The molecule has 2 rings (SSSR count). The number of aliphatic hydroxyl groups is 1. The number of rotatable bonds is 1. The minimum atomic E-state index is 0.158. The first kappa shape index (κ1) is 9.50. The van der Waals surface area contributed by atoms with E-state index in [-0.39, 0.29) is 11.7 Å². The lowest BCUT2D eigenvalue weighted by Crippen LogP contribution is -2.19. The maximum Gasteiger partial charge on any atom is 0.162 e. The number of carbonyl (C=O) groups is 1. The molecule has 0 spiro atoms. The molecular formula is C12H16O2. The Morgan fingerprint density at radius 3 is 2.79 bits per heavy atom. The summed E-state index contributed by atoms with van der Waals surface area (Å²) in [5.74, 6) is 0.694. The highest BCUT2D eigenvalue weighted by atomic mass is 16.3. The fourth-order valence-corrected chi connectivity index (χ4v) is 2.32. The van der Waals surface area contributed by atoms with Crippen LogP contribution in [0.2, 0.25) is 0 Å². The Hall–Kier alpha value is -1.05. The summed E-state index contributed by atoms with van der Waals surface area (Å²) in [6, 6.07) is 0. The molecule has 0 radical (unpaired) electrons. The van der Waals surface area contributed by atoms with Crippen LogP contribution in [-0.4, -0.2) is 10.9 Å². The van der Waals surface area contributed by atoms with Gasteiger partial charge < -0.3 is 5.11 Å². The molecule has 76 valence electrons. The Bertz CT molecular complexity index is 299. The summed E-state index contributed by atoms with van der Waals surface area (Å²) in [5.41, 5.74) is 0.701. The molecule has 0 bridgehead atoms. The van der Waals surface area contributed by atoms with E-state index in [9.17, 15) is 9.90 Å². The van der Waals surface area contributed by atoms with Gasteiger partial charge in [-0.15, -0.1) is 0 Å². The Balaban J connectivity index is 2.25. The van der Waals surface area contributed by atoms with Crippen molar-refractivity contribution in [1.82, 2.24) is 0 Å². The van der Waals surface area contributed by atoms with Crippen LogP contribution in [0, 0.1) is 5.92 Å². The molecule has 2 aliphatic rings. The summed E-state index contributed by atoms with van der Waals surface area (Å²) in [4.78, 5) is 11.7. The number of carbonyl (C=O) groups excluding carboxylic acids is 1. The monoisotopic (exact) mass is 192 g/mol. The molecule has 1 unspecified atom stereocenters. The highest BCUT2D eigenvalue weighted by Gasteiger charge is 2.26. The Kier molecular flexibility index (Phi) is 2.71. The van der Waals surface area contributed by atoms with Crippen LogP contribution in [0.15, 0.2) is 23.5 Å². The zero-order chi connectivity index (χ0) is 9.97. The Morgan fingerprint density at radius 2 is 2.14 bits per heavy atom. The van der Waals surface area contributed by atoms with E-state index in [0.29, 0.717) is 24.2 Å². The van der Waals surface area contributed by atoms with Crippen LogP contribution in [0.4, 0.5) is 0 Å². The molecule has 0 fully saturated rings. The van der Waals surface area contributed by atoms with Gasteiger partial charge in [0.15, 0.2) is 5.78 Å². The highest BCUT2D eigenvalue weighted by molar-refractivity contribution is 5.97. The van der Waals surface area contributed by atoms with Gasteiger partial charge in [-0.3, -0.25) is 4.79 Å². The van der Waals surface area contributed by atoms with Crippen LogP contribution in [0.5, 0.6) is 0 Å². The second-order valence-corrected chi connectivity index (χ2v) is 4.10. The van der Waals surface area contributed by atoms with E-state index < -0.39 is 0 Å². The van der Waals surface area contributed by atoms with Crippen LogP contribution in [0.3, 0.4) is 0 Å². The summed E-state index contributed by atoms with van der Waals surface area (Å²) >= 11 is 0. The molecule has 0 saturated heterocycles. The first-order valence-electron chi connectivity index (χ1n) is 5.41. The standard InChI is InChI=1S/C12H16O2/c13-10-7-4-8-11(14)12(10)9-5-2-1-3-6-9/h2,5,9,13H,1,3-4,6-8H2. The van der Waals surface area contributed by atoms with E-state index in [4.69, 9.17) is 0 Å². The molecule has 2 nitrogen and oxygen atoms in total. The second-order valence-electron chi connectivity index (χ2n) is 4.10. The van der Waals surface area contributed by atoms with E-state index in [0.717, 1.165) is 25.7 Å². The lowest BCUT2D eigenvalue weighted by atomic mass is 9.82. The molecule has 2 heteroatoms. The molecule has 1 N–H and O–H groups in total. The molecule has 1 atom stereocenters. The molecule has 14 heavy (non-hydrogen) atoms. The van der Waals surface area contributed by atoms with Crippen molar-refractivity contribution in [3.8, 4) is 0 Å². The summed E-state index contributed by atoms with van der Waals surface area (Å²) in [6.07, 6.45) is 9.57. The summed E-state index contributed by atoms with van der Waals surface area (Å²) in [5, 5.41) is 9.72. The average molecular weight is 192 g/mol. The first-order valence-corrected chi connectivity index (χ1v) is 5.41. The molecule has 0 amide bonds. The van der Waals surface area contributed by atoms with Gasteiger partial charge in [-0.2, -0.15) is 0 Å². The second kappa shape index (κ2) is 3.99.